The first-order valence-electron chi connectivity index (χ1n) is 6.78. The summed E-state index contributed by atoms with van der Waals surface area (Å²) in [5, 5.41) is 6.30. The number of aromatic nitrogens is 2. The summed E-state index contributed by atoms with van der Waals surface area (Å²) in [7, 11) is 0. The van der Waals surface area contributed by atoms with Gasteiger partial charge in [-0.25, -0.2) is 4.98 Å². The molecule has 1 amide bonds. The lowest BCUT2D eigenvalue weighted by Crippen LogP contribution is -2.25. The van der Waals surface area contributed by atoms with Crippen molar-refractivity contribution in [3.8, 4) is 0 Å². The first-order chi connectivity index (χ1) is 8.84. The zero-order valence-electron chi connectivity index (χ0n) is 10.8. The van der Waals surface area contributed by atoms with E-state index < -0.39 is 0 Å². The number of aryl methyl sites for hydroxylation is 1. The molecule has 1 fully saturated rings. The predicted octanol–water partition coefficient (Wildman–Crippen LogP) is 0.779. The van der Waals surface area contributed by atoms with Gasteiger partial charge in [-0.2, -0.15) is 0 Å². The molecule has 0 radical (unpaired) electrons. The average Bonchev–Trinajstić information content (AvgIpc) is 3.04. The number of amides is 1. The van der Waals surface area contributed by atoms with Crippen molar-refractivity contribution in [2.45, 2.75) is 32.2 Å². The second-order valence-corrected chi connectivity index (χ2v) is 4.90. The molecule has 0 saturated carbocycles. The SMILES string of the molecule is O=C(CCC1CCNC1)NCCCn1ccnc1. The molecule has 5 heteroatoms. The van der Waals surface area contributed by atoms with Crippen LogP contribution in [0.25, 0.3) is 0 Å². The monoisotopic (exact) mass is 250 g/mol. The van der Waals surface area contributed by atoms with E-state index in [1.165, 1.54) is 6.42 Å². The van der Waals surface area contributed by atoms with Crippen LogP contribution in [0.15, 0.2) is 18.7 Å². The maximum absolute atomic E-state index is 11.6. The molecule has 2 rings (SSSR count). The zero-order chi connectivity index (χ0) is 12.6. The molecule has 2 N–H and O–H groups in total. The normalized spacial score (nSPS) is 19.0. The van der Waals surface area contributed by atoms with Crippen LogP contribution in [-0.4, -0.2) is 35.1 Å². The molecule has 1 aromatic rings. The van der Waals surface area contributed by atoms with Gasteiger partial charge < -0.3 is 15.2 Å². The lowest BCUT2D eigenvalue weighted by atomic mass is 10.0. The van der Waals surface area contributed by atoms with Crippen LogP contribution in [0.4, 0.5) is 0 Å². The van der Waals surface area contributed by atoms with E-state index in [0.717, 1.165) is 39.0 Å². The van der Waals surface area contributed by atoms with E-state index in [1.807, 2.05) is 10.8 Å². The van der Waals surface area contributed by atoms with E-state index >= 15 is 0 Å². The van der Waals surface area contributed by atoms with Gasteiger partial charge in [-0.15, -0.1) is 0 Å². The zero-order valence-corrected chi connectivity index (χ0v) is 10.8. The maximum atomic E-state index is 11.6. The van der Waals surface area contributed by atoms with E-state index in [4.69, 9.17) is 0 Å². The Kier molecular flexibility index (Phi) is 5.20. The van der Waals surface area contributed by atoms with Gasteiger partial charge in [0.15, 0.2) is 0 Å². The van der Waals surface area contributed by atoms with Crippen LogP contribution in [-0.2, 0) is 11.3 Å². The molecule has 0 spiro atoms. The molecule has 2 heterocycles. The van der Waals surface area contributed by atoms with Gasteiger partial charge in [-0.1, -0.05) is 0 Å². The second-order valence-electron chi connectivity index (χ2n) is 4.90. The Bertz CT molecular complexity index is 344. The van der Waals surface area contributed by atoms with Gasteiger partial charge in [0.05, 0.1) is 6.33 Å². The maximum Gasteiger partial charge on any atom is 0.220 e. The minimum Gasteiger partial charge on any atom is -0.356 e. The van der Waals surface area contributed by atoms with Crippen molar-refractivity contribution in [1.29, 1.82) is 0 Å². The third-order valence-electron chi connectivity index (χ3n) is 3.42. The summed E-state index contributed by atoms with van der Waals surface area (Å²) < 4.78 is 2.02. The van der Waals surface area contributed by atoms with E-state index in [2.05, 4.69) is 15.6 Å². The molecule has 1 aromatic heterocycles. The fourth-order valence-electron chi connectivity index (χ4n) is 2.29. The van der Waals surface area contributed by atoms with Crippen LogP contribution in [0.3, 0.4) is 0 Å². The van der Waals surface area contributed by atoms with Crippen LogP contribution in [0, 0.1) is 5.92 Å². The third kappa shape index (κ3) is 4.49. The van der Waals surface area contributed by atoms with Gasteiger partial charge >= 0.3 is 0 Å². The van der Waals surface area contributed by atoms with Gasteiger partial charge in [0.2, 0.25) is 5.91 Å². The molecular formula is C13H22N4O. The summed E-state index contributed by atoms with van der Waals surface area (Å²) in [5.74, 6) is 0.884. The van der Waals surface area contributed by atoms with Crippen LogP contribution >= 0.6 is 0 Å². The Morgan fingerprint density at radius 2 is 2.50 bits per heavy atom. The quantitative estimate of drug-likeness (QED) is 0.703. The summed E-state index contributed by atoms with van der Waals surface area (Å²) in [5.41, 5.74) is 0. The lowest BCUT2D eigenvalue weighted by molar-refractivity contribution is -0.121. The Labute approximate surface area is 108 Å². The largest absolute Gasteiger partial charge is 0.356 e. The van der Waals surface area contributed by atoms with Crippen molar-refractivity contribution in [3.05, 3.63) is 18.7 Å². The van der Waals surface area contributed by atoms with Crippen LogP contribution in [0.1, 0.15) is 25.7 Å². The number of carbonyl (C=O) groups excluding carboxylic acids is 1. The topological polar surface area (TPSA) is 59.0 Å². The molecule has 100 valence electrons. The number of rotatable bonds is 7. The number of nitrogens with zero attached hydrogens (tertiary/aromatic N) is 2. The van der Waals surface area contributed by atoms with Gasteiger partial charge in [0.25, 0.3) is 0 Å². The van der Waals surface area contributed by atoms with Crippen molar-refractivity contribution in [2.75, 3.05) is 19.6 Å². The number of imidazole rings is 1. The van der Waals surface area contributed by atoms with Crippen LogP contribution in [0.5, 0.6) is 0 Å². The highest BCUT2D eigenvalue weighted by Crippen LogP contribution is 2.13. The Morgan fingerprint density at radius 1 is 1.56 bits per heavy atom. The van der Waals surface area contributed by atoms with E-state index in [0.29, 0.717) is 12.3 Å². The molecular weight excluding hydrogens is 228 g/mol. The van der Waals surface area contributed by atoms with Crippen molar-refractivity contribution in [1.82, 2.24) is 20.2 Å². The molecule has 1 aliphatic rings. The highest BCUT2D eigenvalue weighted by atomic mass is 16.1. The number of nitrogens with one attached hydrogen (secondary N) is 2. The summed E-state index contributed by atoms with van der Waals surface area (Å²) >= 11 is 0. The fraction of sp³-hybridized carbons (Fsp3) is 0.692. The Hall–Kier alpha value is -1.36. The Morgan fingerprint density at radius 3 is 3.22 bits per heavy atom. The molecule has 1 saturated heterocycles. The molecule has 1 unspecified atom stereocenters. The lowest BCUT2D eigenvalue weighted by Gasteiger charge is -2.08. The molecule has 18 heavy (non-hydrogen) atoms. The van der Waals surface area contributed by atoms with Crippen LogP contribution < -0.4 is 10.6 Å². The average molecular weight is 250 g/mol. The molecule has 0 aliphatic carbocycles. The van der Waals surface area contributed by atoms with Crippen molar-refractivity contribution >= 4 is 5.91 Å². The molecule has 1 aliphatic heterocycles. The van der Waals surface area contributed by atoms with E-state index in [-0.39, 0.29) is 5.91 Å². The highest BCUT2D eigenvalue weighted by Gasteiger charge is 2.15. The minimum absolute atomic E-state index is 0.188. The summed E-state index contributed by atoms with van der Waals surface area (Å²) in [6, 6.07) is 0. The molecule has 1 atom stereocenters. The van der Waals surface area contributed by atoms with Crippen molar-refractivity contribution in [3.63, 3.8) is 0 Å². The smallest absolute Gasteiger partial charge is 0.220 e. The molecule has 0 aromatic carbocycles. The summed E-state index contributed by atoms with van der Waals surface area (Å²) in [6.45, 7) is 3.85. The van der Waals surface area contributed by atoms with Crippen LogP contribution in [0.2, 0.25) is 0 Å². The third-order valence-corrected chi connectivity index (χ3v) is 3.42. The van der Waals surface area contributed by atoms with Crippen molar-refractivity contribution in [2.24, 2.45) is 5.92 Å². The summed E-state index contributed by atoms with van der Waals surface area (Å²) in [6.07, 6.45) is 9.36. The first kappa shape index (κ1) is 13.1. The van der Waals surface area contributed by atoms with E-state index in [1.54, 1.807) is 12.5 Å². The predicted molar refractivity (Wildman–Crippen MR) is 70.1 cm³/mol. The number of carbonyl (C=O) groups is 1. The molecule has 5 nitrogen and oxygen atoms in total. The fourth-order valence-corrected chi connectivity index (χ4v) is 2.29. The summed E-state index contributed by atoms with van der Waals surface area (Å²) in [4.78, 5) is 15.6. The minimum atomic E-state index is 0.188. The van der Waals surface area contributed by atoms with E-state index in [9.17, 15) is 4.79 Å². The standard InChI is InChI=1S/C13H22N4O/c18-13(3-2-12-4-6-14-10-12)16-5-1-8-17-9-7-15-11-17/h7,9,11-12,14H,1-6,8,10H2,(H,16,18). The second kappa shape index (κ2) is 7.16. The van der Waals surface area contributed by atoms with Gasteiger partial charge in [0, 0.05) is 31.9 Å². The highest BCUT2D eigenvalue weighted by molar-refractivity contribution is 5.75. The number of hydrogen-bond acceptors (Lipinski definition) is 3. The number of hydrogen-bond donors (Lipinski definition) is 2. The Balaban J connectivity index is 1.49. The van der Waals surface area contributed by atoms with Crippen molar-refractivity contribution < 1.29 is 4.79 Å². The van der Waals surface area contributed by atoms with Gasteiger partial charge in [-0.05, 0) is 38.3 Å². The van der Waals surface area contributed by atoms with Gasteiger partial charge in [-0.3, -0.25) is 4.79 Å². The first-order valence-corrected chi connectivity index (χ1v) is 6.78. The molecule has 0 bridgehead atoms. The van der Waals surface area contributed by atoms with Gasteiger partial charge in [0.1, 0.15) is 0 Å².